The van der Waals surface area contributed by atoms with E-state index in [-0.39, 0.29) is 5.82 Å². The fourth-order valence-corrected chi connectivity index (χ4v) is 3.68. The molecule has 166 valence electrons. The highest BCUT2D eigenvalue weighted by Crippen LogP contribution is 2.42. The van der Waals surface area contributed by atoms with Crippen molar-refractivity contribution in [2.75, 3.05) is 11.9 Å². The summed E-state index contributed by atoms with van der Waals surface area (Å²) in [5.41, 5.74) is 4.07. The standard InChI is InChI=1S/C25H24N6O2/c1-2-33-25-20(13-19(15-27-25)17-8-9-17)18-10-11-26-21(14-18)29-24(32)23-28-22(30-31-23)12-16-6-4-3-5-7-16/h3-7,10-11,13-15,17H,2,8-9,12H2,1H3,(H,26,29,32)(H,28,30,31). The van der Waals surface area contributed by atoms with Gasteiger partial charge in [0.2, 0.25) is 11.7 Å². The first kappa shape index (κ1) is 20.8. The number of benzene rings is 1. The first-order chi connectivity index (χ1) is 16.2. The van der Waals surface area contributed by atoms with Gasteiger partial charge in [0.1, 0.15) is 11.6 Å². The van der Waals surface area contributed by atoms with Crippen molar-refractivity contribution in [2.24, 2.45) is 0 Å². The number of amides is 1. The molecule has 1 aliphatic rings. The Bertz CT molecular complexity index is 1270. The summed E-state index contributed by atoms with van der Waals surface area (Å²) in [7, 11) is 0. The second-order valence-electron chi connectivity index (χ2n) is 8.00. The predicted octanol–water partition coefficient (Wildman–Crippen LogP) is 4.38. The van der Waals surface area contributed by atoms with Gasteiger partial charge in [-0.3, -0.25) is 4.79 Å². The van der Waals surface area contributed by atoms with E-state index in [0.29, 0.717) is 36.5 Å². The zero-order valence-corrected chi connectivity index (χ0v) is 18.3. The first-order valence-electron chi connectivity index (χ1n) is 11.1. The molecule has 3 heterocycles. The highest BCUT2D eigenvalue weighted by atomic mass is 16.5. The Labute approximate surface area is 191 Å². The molecule has 5 rings (SSSR count). The normalized spacial score (nSPS) is 13.0. The highest BCUT2D eigenvalue weighted by Gasteiger charge is 2.25. The van der Waals surface area contributed by atoms with Crippen LogP contribution < -0.4 is 10.1 Å². The van der Waals surface area contributed by atoms with Crippen LogP contribution in [0.2, 0.25) is 0 Å². The number of hydrogen-bond acceptors (Lipinski definition) is 6. The van der Waals surface area contributed by atoms with Crippen molar-refractivity contribution < 1.29 is 9.53 Å². The van der Waals surface area contributed by atoms with Crippen LogP contribution in [0.4, 0.5) is 5.82 Å². The molecule has 0 unspecified atom stereocenters. The number of hydrogen-bond donors (Lipinski definition) is 2. The molecule has 1 amide bonds. The van der Waals surface area contributed by atoms with Gasteiger partial charge in [-0.2, -0.15) is 0 Å². The number of nitrogens with one attached hydrogen (secondary N) is 2. The first-order valence-corrected chi connectivity index (χ1v) is 11.1. The molecular weight excluding hydrogens is 416 g/mol. The lowest BCUT2D eigenvalue weighted by molar-refractivity contribution is 0.101. The van der Waals surface area contributed by atoms with Gasteiger partial charge >= 0.3 is 0 Å². The summed E-state index contributed by atoms with van der Waals surface area (Å²) in [4.78, 5) is 24.5. The van der Waals surface area contributed by atoms with Gasteiger partial charge in [-0.05, 0) is 60.6 Å². The van der Waals surface area contributed by atoms with E-state index in [1.165, 1.54) is 18.4 Å². The molecule has 0 radical (unpaired) electrons. The summed E-state index contributed by atoms with van der Waals surface area (Å²) in [5.74, 6) is 1.92. The van der Waals surface area contributed by atoms with Gasteiger partial charge in [-0.15, -0.1) is 10.2 Å². The molecule has 1 aromatic carbocycles. The molecule has 0 spiro atoms. The predicted molar refractivity (Wildman–Crippen MR) is 124 cm³/mol. The average Bonchev–Trinajstić information content (AvgIpc) is 3.59. The molecule has 8 heteroatoms. The van der Waals surface area contributed by atoms with Gasteiger partial charge in [0.05, 0.1) is 6.61 Å². The monoisotopic (exact) mass is 440 g/mol. The van der Waals surface area contributed by atoms with Gasteiger partial charge < -0.3 is 15.0 Å². The summed E-state index contributed by atoms with van der Waals surface area (Å²) in [6.07, 6.45) is 6.50. The van der Waals surface area contributed by atoms with Gasteiger partial charge in [0.25, 0.3) is 5.91 Å². The van der Waals surface area contributed by atoms with Crippen molar-refractivity contribution in [1.82, 2.24) is 25.1 Å². The molecule has 1 fully saturated rings. The summed E-state index contributed by atoms with van der Waals surface area (Å²) in [5, 5.41) is 10.9. The lowest BCUT2D eigenvalue weighted by atomic mass is 10.0. The van der Waals surface area contributed by atoms with Crippen LogP contribution in [-0.2, 0) is 6.42 Å². The van der Waals surface area contributed by atoms with E-state index in [4.69, 9.17) is 4.74 Å². The van der Waals surface area contributed by atoms with E-state index in [2.05, 4.69) is 36.5 Å². The van der Waals surface area contributed by atoms with Crippen LogP contribution in [0, 0.1) is 0 Å². The van der Waals surface area contributed by atoms with Crippen LogP contribution in [-0.4, -0.2) is 37.7 Å². The van der Waals surface area contributed by atoms with E-state index in [0.717, 1.165) is 16.7 Å². The lowest BCUT2D eigenvalue weighted by Crippen LogP contribution is -2.14. The van der Waals surface area contributed by atoms with E-state index < -0.39 is 5.91 Å². The summed E-state index contributed by atoms with van der Waals surface area (Å²) < 4.78 is 5.75. The molecule has 0 saturated heterocycles. The van der Waals surface area contributed by atoms with E-state index in [1.807, 2.05) is 55.6 Å². The number of anilines is 1. The Kier molecular flexibility index (Phi) is 5.80. The minimum absolute atomic E-state index is 0.139. The molecule has 0 bridgehead atoms. The molecule has 3 aromatic heterocycles. The lowest BCUT2D eigenvalue weighted by Gasteiger charge is -2.12. The Hall–Kier alpha value is -4.07. The fraction of sp³-hybridized carbons (Fsp3) is 0.240. The van der Waals surface area contributed by atoms with E-state index >= 15 is 0 Å². The van der Waals surface area contributed by atoms with Crippen molar-refractivity contribution in [2.45, 2.75) is 32.1 Å². The number of H-pyrrole nitrogens is 1. The molecule has 0 aliphatic heterocycles. The largest absolute Gasteiger partial charge is 0.478 e. The quantitative estimate of drug-likeness (QED) is 0.421. The van der Waals surface area contributed by atoms with Crippen LogP contribution >= 0.6 is 0 Å². The Morgan fingerprint density at radius 2 is 1.97 bits per heavy atom. The number of carbonyl (C=O) groups is 1. The maximum atomic E-state index is 12.7. The number of carbonyl (C=O) groups excluding carboxylic acids is 1. The molecule has 8 nitrogen and oxygen atoms in total. The molecule has 4 aromatic rings. The number of pyridine rings is 2. The number of aromatic amines is 1. The third-order valence-corrected chi connectivity index (χ3v) is 5.48. The van der Waals surface area contributed by atoms with Crippen LogP contribution in [0.1, 0.15) is 53.3 Å². The second-order valence-corrected chi connectivity index (χ2v) is 8.00. The van der Waals surface area contributed by atoms with Gasteiger partial charge in [0, 0.05) is 24.4 Å². The van der Waals surface area contributed by atoms with Gasteiger partial charge in [-0.1, -0.05) is 30.3 Å². The van der Waals surface area contributed by atoms with Crippen molar-refractivity contribution in [3.8, 4) is 17.0 Å². The average molecular weight is 441 g/mol. The maximum absolute atomic E-state index is 12.7. The topological polar surface area (TPSA) is 106 Å². The molecule has 2 N–H and O–H groups in total. The fourth-order valence-electron chi connectivity index (χ4n) is 3.68. The Morgan fingerprint density at radius 3 is 2.76 bits per heavy atom. The third-order valence-electron chi connectivity index (χ3n) is 5.48. The third kappa shape index (κ3) is 4.90. The second kappa shape index (κ2) is 9.20. The Morgan fingerprint density at radius 1 is 1.12 bits per heavy atom. The molecular formula is C25H24N6O2. The Balaban J connectivity index is 1.34. The number of aromatic nitrogens is 5. The van der Waals surface area contributed by atoms with Gasteiger partial charge in [-0.25, -0.2) is 9.97 Å². The summed E-state index contributed by atoms with van der Waals surface area (Å²) >= 11 is 0. The zero-order valence-electron chi connectivity index (χ0n) is 18.3. The smallest absolute Gasteiger partial charge is 0.294 e. The summed E-state index contributed by atoms with van der Waals surface area (Å²) in [6, 6.07) is 15.7. The minimum atomic E-state index is -0.402. The van der Waals surface area contributed by atoms with Crippen molar-refractivity contribution in [1.29, 1.82) is 0 Å². The van der Waals surface area contributed by atoms with Crippen molar-refractivity contribution in [3.63, 3.8) is 0 Å². The zero-order chi connectivity index (χ0) is 22.6. The molecule has 33 heavy (non-hydrogen) atoms. The van der Waals surface area contributed by atoms with E-state index in [9.17, 15) is 4.79 Å². The van der Waals surface area contributed by atoms with Crippen LogP contribution in [0.15, 0.2) is 60.9 Å². The maximum Gasteiger partial charge on any atom is 0.294 e. The molecule has 1 saturated carbocycles. The van der Waals surface area contributed by atoms with Crippen LogP contribution in [0.5, 0.6) is 5.88 Å². The SMILES string of the molecule is CCOc1ncc(C2CC2)cc1-c1ccnc(NC(=O)c2nnc(Cc3ccccc3)[nH]2)c1. The van der Waals surface area contributed by atoms with Crippen LogP contribution in [0.25, 0.3) is 11.1 Å². The van der Waals surface area contributed by atoms with Crippen molar-refractivity contribution >= 4 is 11.7 Å². The van der Waals surface area contributed by atoms with Gasteiger partial charge in [0.15, 0.2) is 0 Å². The highest BCUT2D eigenvalue weighted by molar-refractivity contribution is 6.01. The molecule has 0 atom stereocenters. The minimum Gasteiger partial charge on any atom is -0.478 e. The number of nitrogens with zero attached hydrogens (tertiary/aromatic N) is 4. The number of ether oxygens (including phenoxy) is 1. The molecule has 1 aliphatic carbocycles. The van der Waals surface area contributed by atoms with Crippen molar-refractivity contribution in [3.05, 3.63) is 83.7 Å². The van der Waals surface area contributed by atoms with Crippen LogP contribution in [0.3, 0.4) is 0 Å². The number of rotatable bonds is 8. The summed E-state index contributed by atoms with van der Waals surface area (Å²) in [6.45, 7) is 2.45. The van der Waals surface area contributed by atoms with E-state index in [1.54, 1.807) is 6.20 Å².